The van der Waals surface area contributed by atoms with Crippen LogP contribution in [-0.2, 0) is 36.8 Å². The number of nitrogens with two attached hydrogens (primary N) is 2. The molecule has 1 aliphatic rings. The molecular formula is C42H51N7O5S. The van der Waals surface area contributed by atoms with Crippen molar-refractivity contribution < 1.29 is 24.0 Å². The number of nitrogens with one attached hydrogen (secondary N) is 4. The van der Waals surface area contributed by atoms with Crippen LogP contribution in [0.2, 0.25) is 0 Å². The zero-order valence-electron chi connectivity index (χ0n) is 31.1. The number of carbonyl (C=O) groups is 5. The van der Waals surface area contributed by atoms with Crippen molar-refractivity contribution in [1.82, 2.24) is 26.3 Å². The van der Waals surface area contributed by atoms with Gasteiger partial charge in [-0.15, -0.1) is 11.3 Å². The highest BCUT2D eigenvalue weighted by molar-refractivity contribution is 7.09. The normalized spacial score (nSPS) is 20.2. The monoisotopic (exact) mass is 765 g/mol. The largest absolute Gasteiger partial charge is 0.401 e. The van der Waals surface area contributed by atoms with Gasteiger partial charge in [0, 0.05) is 29.6 Å². The number of benzene rings is 3. The van der Waals surface area contributed by atoms with E-state index in [1.54, 1.807) is 0 Å². The second-order valence-electron chi connectivity index (χ2n) is 13.4. The first kappa shape index (κ1) is 42.0. The molecule has 1 aliphatic heterocycles. The van der Waals surface area contributed by atoms with Gasteiger partial charge in [0.05, 0.1) is 13.1 Å². The van der Waals surface area contributed by atoms with Crippen molar-refractivity contribution in [2.45, 2.75) is 70.0 Å². The first-order valence-corrected chi connectivity index (χ1v) is 19.3. The van der Waals surface area contributed by atoms with Crippen LogP contribution in [0.1, 0.15) is 48.1 Å². The fourth-order valence-electron chi connectivity index (χ4n) is 5.82. The Hall–Kier alpha value is -5.79. The average molecular weight is 766 g/mol. The Morgan fingerprint density at radius 1 is 0.764 bits per heavy atom. The molecule has 0 saturated heterocycles. The highest BCUT2D eigenvalue weighted by Crippen LogP contribution is 2.19. The van der Waals surface area contributed by atoms with Gasteiger partial charge >= 0.3 is 0 Å². The SMILES string of the molecule is Cc1ccc(-c2ccccc2)cc1.N/C1=C\N(N)C[C@@H](C=O)NC(=O)[C@@H](CCc2ccccc2)NC(=O)CNC(=O)[C@@H](Cc2cccs2)NC(=O)CCCC1. The summed E-state index contributed by atoms with van der Waals surface area (Å²) in [5.74, 6) is 4.06. The van der Waals surface area contributed by atoms with Crippen LogP contribution in [0.4, 0.5) is 0 Å². The summed E-state index contributed by atoms with van der Waals surface area (Å²) >= 11 is 1.46. The fourth-order valence-corrected chi connectivity index (χ4v) is 6.57. The van der Waals surface area contributed by atoms with Crippen molar-refractivity contribution >= 4 is 41.3 Å². The molecule has 0 spiro atoms. The molecule has 4 amide bonds. The Balaban J connectivity index is 0.000000431. The molecule has 5 rings (SSSR count). The fraction of sp³-hybridized carbons (Fsp3) is 0.310. The summed E-state index contributed by atoms with van der Waals surface area (Å²) in [6, 6.07) is 29.4. The van der Waals surface area contributed by atoms with Gasteiger partial charge in [-0.25, -0.2) is 5.84 Å². The predicted octanol–water partition coefficient (Wildman–Crippen LogP) is 3.90. The van der Waals surface area contributed by atoms with Gasteiger partial charge in [0.2, 0.25) is 23.6 Å². The van der Waals surface area contributed by atoms with Gasteiger partial charge < -0.3 is 36.8 Å². The molecule has 0 radical (unpaired) electrons. The van der Waals surface area contributed by atoms with Crippen LogP contribution in [0.5, 0.6) is 0 Å². The lowest BCUT2D eigenvalue weighted by molar-refractivity contribution is -0.132. The van der Waals surface area contributed by atoms with E-state index in [0.29, 0.717) is 37.7 Å². The average Bonchev–Trinajstić information content (AvgIpc) is 3.71. The third-order valence-electron chi connectivity index (χ3n) is 8.79. The zero-order valence-corrected chi connectivity index (χ0v) is 31.9. The number of amides is 4. The maximum Gasteiger partial charge on any atom is 0.243 e. The molecule has 0 aliphatic carbocycles. The third-order valence-corrected chi connectivity index (χ3v) is 9.68. The topological polar surface area (TPSA) is 189 Å². The Morgan fingerprint density at radius 3 is 2.09 bits per heavy atom. The predicted molar refractivity (Wildman–Crippen MR) is 216 cm³/mol. The first-order valence-electron chi connectivity index (χ1n) is 18.4. The lowest BCUT2D eigenvalue weighted by Gasteiger charge is -2.24. The highest BCUT2D eigenvalue weighted by atomic mass is 32.1. The van der Waals surface area contributed by atoms with Gasteiger partial charge in [0.25, 0.3) is 0 Å². The minimum absolute atomic E-state index is 0.0423. The maximum absolute atomic E-state index is 13.2. The van der Waals surface area contributed by atoms with Crippen LogP contribution in [0.25, 0.3) is 11.1 Å². The van der Waals surface area contributed by atoms with E-state index in [4.69, 9.17) is 11.6 Å². The van der Waals surface area contributed by atoms with Crippen molar-refractivity contribution in [2.75, 3.05) is 13.1 Å². The summed E-state index contributed by atoms with van der Waals surface area (Å²) in [6.07, 6.45) is 4.83. The molecule has 290 valence electrons. The van der Waals surface area contributed by atoms with Gasteiger partial charge in [-0.05, 0) is 67.2 Å². The summed E-state index contributed by atoms with van der Waals surface area (Å²) in [6.45, 7) is 1.66. The zero-order chi connectivity index (χ0) is 39.4. The molecule has 0 fully saturated rings. The summed E-state index contributed by atoms with van der Waals surface area (Å²) in [5, 5.41) is 13.8. The van der Waals surface area contributed by atoms with E-state index in [2.05, 4.69) is 76.7 Å². The minimum atomic E-state index is -0.990. The molecular weight excluding hydrogens is 715 g/mol. The van der Waals surface area contributed by atoms with Gasteiger partial charge in [-0.2, -0.15) is 0 Å². The number of aryl methyl sites for hydroxylation is 2. The summed E-state index contributed by atoms with van der Waals surface area (Å²) in [5.41, 5.74) is 11.4. The van der Waals surface area contributed by atoms with E-state index in [1.165, 1.54) is 39.2 Å². The van der Waals surface area contributed by atoms with Crippen molar-refractivity contribution in [3.8, 4) is 11.1 Å². The van der Waals surface area contributed by atoms with Crippen LogP contribution in [0.3, 0.4) is 0 Å². The molecule has 55 heavy (non-hydrogen) atoms. The van der Waals surface area contributed by atoms with Crippen molar-refractivity contribution in [3.63, 3.8) is 0 Å². The minimum Gasteiger partial charge on any atom is -0.401 e. The Bertz CT molecular complexity index is 1840. The van der Waals surface area contributed by atoms with Gasteiger partial charge in [-0.3, -0.25) is 19.2 Å². The molecule has 2 heterocycles. The lowest BCUT2D eigenvalue weighted by Crippen LogP contribution is -2.55. The molecule has 1 aromatic heterocycles. The smallest absolute Gasteiger partial charge is 0.243 e. The summed E-state index contributed by atoms with van der Waals surface area (Å²) in [4.78, 5) is 64.5. The van der Waals surface area contributed by atoms with Crippen molar-refractivity contribution in [3.05, 3.63) is 130 Å². The third kappa shape index (κ3) is 15.2. The number of carbonyl (C=O) groups excluding carboxylic acids is 5. The second kappa shape index (κ2) is 22.4. The maximum atomic E-state index is 13.2. The molecule has 13 heteroatoms. The molecule has 0 unspecified atom stereocenters. The standard InChI is InChI=1S/C29H39N7O5S.C13H12/c30-21-9-4-5-11-26(38)35-25(15-23-10-6-14-42-23)28(40)32-16-27(39)34-24(13-12-20-7-2-1-3-8-20)29(41)33-22(19-37)18-36(31)17-21;1-11-7-9-13(10-8-11)12-5-3-2-4-6-12/h1-3,6-8,10,14,17,19,22,24-25H,4-5,9,11-13,15-16,18,30-31H2,(H,32,40)(H,33,41)(H,34,39)(H,35,38);2-10H,1H3/b21-17-;/t22-,24+,25+;/m0./s1. The number of thiophene rings is 1. The van der Waals surface area contributed by atoms with E-state index in [0.717, 1.165) is 10.4 Å². The van der Waals surface area contributed by atoms with Crippen LogP contribution < -0.4 is 32.8 Å². The molecule has 0 bridgehead atoms. The number of rotatable bonds is 7. The van der Waals surface area contributed by atoms with E-state index in [9.17, 15) is 24.0 Å². The van der Waals surface area contributed by atoms with Crippen molar-refractivity contribution in [1.29, 1.82) is 0 Å². The summed E-state index contributed by atoms with van der Waals surface area (Å²) in [7, 11) is 0. The van der Waals surface area contributed by atoms with E-state index in [-0.39, 0.29) is 31.7 Å². The number of hydrazine groups is 1. The van der Waals surface area contributed by atoms with E-state index >= 15 is 0 Å². The number of hydrogen-bond acceptors (Lipinski definition) is 9. The number of aldehydes is 1. The molecule has 4 aromatic rings. The molecule has 12 nitrogen and oxygen atoms in total. The Morgan fingerprint density at radius 2 is 1.42 bits per heavy atom. The molecule has 8 N–H and O–H groups in total. The van der Waals surface area contributed by atoms with Crippen LogP contribution in [0, 0.1) is 6.92 Å². The second-order valence-corrected chi connectivity index (χ2v) is 14.4. The Labute approximate surface area is 326 Å². The first-order chi connectivity index (χ1) is 26.6. The van der Waals surface area contributed by atoms with Gasteiger partial charge in [0.1, 0.15) is 24.4 Å². The molecule has 3 atom stereocenters. The molecule has 0 saturated carbocycles. The number of nitrogens with zero attached hydrogens (tertiary/aromatic N) is 1. The highest BCUT2D eigenvalue weighted by Gasteiger charge is 2.26. The molecule has 3 aromatic carbocycles. The van der Waals surface area contributed by atoms with Crippen LogP contribution in [0.15, 0.2) is 114 Å². The van der Waals surface area contributed by atoms with Crippen molar-refractivity contribution in [2.24, 2.45) is 11.6 Å². The van der Waals surface area contributed by atoms with Gasteiger partial charge in [0.15, 0.2) is 0 Å². The number of hydrogen-bond donors (Lipinski definition) is 6. The van der Waals surface area contributed by atoms with Gasteiger partial charge in [-0.1, -0.05) is 96.6 Å². The number of allylic oxidation sites excluding steroid dienone is 1. The van der Waals surface area contributed by atoms with Crippen LogP contribution in [-0.4, -0.2) is 66.1 Å². The Kier molecular flexibility index (Phi) is 17.1. The quantitative estimate of drug-likeness (QED) is 0.121. The lowest BCUT2D eigenvalue weighted by atomic mass is 10.0. The summed E-state index contributed by atoms with van der Waals surface area (Å²) < 4.78 is 0. The van der Waals surface area contributed by atoms with Crippen LogP contribution >= 0.6 is 11.3 Å². The van der Waals surface area contributed by atoms with E-state index < -0.39 is 42.4 Å². The van der Waals surface area contributed by atoms with E-state index in [1.807, 2.05) is 53.9 Å².